The molecule has 144 valence electrons. The monoisotopic (exact) mass is 396 g/mol. The van der Waals surface area contributed by atoms with Crippen LogP contribution in [0, 0.1) is 0 Å². The van der Waals surface area contributed by atoms with Gasteiger partial charge in [-0.15, -0.1) is 11.3 Å². The first-order chi connectivity index (χ1) is 12.8. The summed E-state index contributed by atoms with van der Waals surface area (Å²) in [7, 11) is 0. The number of rotatable bonds is 4. The molecule has 0 unspecified atom stereocenters. The van der Waals surface area contributed by atoms with Crippen molar-refractivity contribution >= 4 is 23.2 Å². The smallest absolute Gasteiger partial charge is 0.353 e. The molecule has 2 aromatic rings. The van der Waals surface area contributed by atoms with Crippen molar-refractivity contribution in [2.24, 2.45) is 0 Å². The molecule has 0 aliphatic carbocycles. The van der Waals surface area contributed by atoms with Crippen molar-refractivity contribution in [3.8, 4) is 0 Å². The molecular formula is C19H19F3N2O2S. The highest BCUT2D eigenvalue weighted by molar-refractivity contribution is 7.10. The molecule has 3 rings (SSSR count). The van der Waals surface area contributed by atoms with Gasteiger partial charge in [-0.3, -0.25) is 9.59 Å². The van der Waals surface area contributed by atoms with E-state index in [2.05, 4.69) is 5.32 Å². The molecule has 0 radical (unpaired) electrons. The molecule has 8 heteroatoms. The Bertz CT molecular complexity index is 780. The first kappa shape index (κ1) is 19.4. The third kappa shape index (κ3) is 5.09. The zero-order valence-corrected chi connectivity index (χ0v) is 15.3. The first-order valence-corrected chi connectivity index (χ1v) is 9.49. The van der Waals surface area contributed by atoms with Crippen LogP contribution in [0.15, 0.2) is 41.8 Å². The molecule has 1 aliphatic rings. The summed E-state index contributed by atoms with van der Waals surface area (Å²) in [5, 5.41) is 4.91. The van der Waals surface area contributed by atoms with Crippen LogP contribution in [0.25, 0.3) is 0 Å². The fraction of sp³-hybridized carbons (Fsp3) is 0.368. The summed E-state index contributed by atoms with van der Waals surface area (Å²) in [6.07, 6.45) is -2.81. The van der Waals surface area contributed by atoms with Crippen LogP contribution in [0.2, 0.25) is 0 Å². The van der Waals surface area contributed by atoms with Gasteiger partial charge in [0, 0.05) is 29.6 Å². The summed E-state index contributed by atoms with van der Waals surface area (Å²) in [5.41, 5.74) is -0.533. The minimum atomic E-state index is -4.42. The fourth-order valence-electron chi connectivity index (χ4n) is 3.06. The SMILES string of the molecule is O=C(Cc1cccs1)NC1CCN(C(=O)c2ccc(C(F)(F)F)cc2)CC1. The van der Waals surface area contributed by atoms with Gasteiger partial charge in [-0.25, -0.2) is 0 Å². The molecule has 2 amide bonds. The number of thiophene rings is 1. The second-order valence-corrected chi connectivity index (χ2v) is 7.50. The van der Waals surface area contributed by atoms with Crippen molar-refractivity contribution in [3.63, 3.8) is 0 Å². The number of halogens is 3. The Morgan fingerprint density at radius 3 is 2.33 bits per heavy atom. The Labute approximate surface area is 159 Å². The van der Waals surface area contributed by atoms with Crippen molar-refractivity contribution in [3.05, 3.63) is 57.8 Å². The van der Waals surface area contributed by atoms with Crippen LogP contribution in [0.1, 0.15) is 33.6 Å². The second kappa shape index (κ2) is 8.12. The molecule has 0 atom stereocenters. The number of nitrogens with one attached hydrogen (secondary N) is 1. The van der Waals surface area contributed by atoms with Gasteiger partial charge < -0.3 is 10.2 Å². The van der Waals surface area contributed by atoms with E-state index in [1.165, 1.54) is 23.5 Å². The highest BCUT2D eigenvalue weighted by Crippen LogP contribution is 2.29. The topological polar surface area (TPSA) is 49.4 Å². The molecule has 1 aromatic carbocycles. The molecule has 0 bridgehead atoms. The van der Waals surface area contributed by atoms with E-state index in [4.69, 9.17) is 0 Å². The van der Waals surface area contributed by atoms with Gasteiger partial charge in [0.1, 0.15) is 0 Å². The molecule has 1 fully saturated rings. The lowest BCUT2D eigenvalue weighted by Crippen LogP contribution is -2.46. The van der Waals surface area contributed by atoms with Crippen LogP contribution in [0.3, 0.4) is 0 Å². The predicted molar refractivity (Wildman–Crippen MR) is 96.5 cm³/mol. The van der Waals surface area contributed by atoms with Gasteiger partial charge in [0.05, 0.1) is 12.0 Å². The zero-order valence-electron chi connectivity index (χ0n) is 14.5. The molecule has 1 aliphatic heterocycles. The Morgan fingerprint density at radius 2 is 1.78 bits per heavy atom. The first-order valence-electron chi connectivity index (χ1n) is 8.61. The fourth-order valence-corrected chi connectivity index (χ4v) is 3.76. The average molecular weight is 396 g/mol. The number of piperidine rings is 1. The number of hydrogen-bond donors (Lipinski definition) is 1. The van der Waals surface area contributed by atoms with Crippen molar-refractivity contribution < 1.29 is 22.8 Å². The van der Waals surface area contributed by atoms with Crippen LogP contribution < -0.4 is 5.32 Å². The van der Waals surface area contributed by atoms with Gasteiger partial charge in [0.25, 0.3) is 5.91 Å². The number of amides is 2. The van der Waals surface area contributed by atoms with Crippen LogP contribution in [-0.4, -0.2) is 35.8 Å². The van der Waals surface area contributed by atoms with E-state index in [0.717, 1.165) is 17.0 Å². The number of hydrogen-bond acceptors (Lipinski definition) is 3. The average Bonchev–Trinajstić information content (AvgIpc) is 3.14. The molecule has 2 heterocycles. The van der Waals surface area contributed by atoms with Crippen molar-refractivity contribution in [1.29, 1.82) is 0 Å². The van der Waals surface area contributed by atoms with Gasteiger partial charge in [-0.05, 0) is 48.6 Å². The van der Waals surface area contributed by atoms with E-state index in [0.29, 0.717) is 32.4 Å². The highest BCUT2D eigenvalue weighted by atomic mass is 32.1. The van der Waals surface area contributed by atoms with E-state index >= 15 is 0 Å². The maximum absolute atomic E-state index is 12.6. The van der Waals surface area contributed by atoms with Crippen molar-refractivity contribution in [2.45, 2.75) is 31.5 Å². The van der Waals surface area contributed by atoms with Gasteiger partial charge in [0.15, 0.2) is 0 Å². The molecule has 1 aromatic heterocycles. The zero-order chi connectivity index (χ0) is 19.4. The second-order valence-electron chi connectivity index (χ2n) is 6.47. The summed E-state index contributed by atoms with van der Waals surface area (Å²) < 4.78 is 37.8. The summed E-state index contributed by atoms with van der Waals surface area (Å²) in [4.78, 5) is 27.1. The maximum atomic E-state index is 12.6. The van der Waals surface area contributed by atoms with Crippen molar-refractivity contribution in [2.75, 3.05) is 13.1 Å². The predicted octanol–water partition coefficient (Wildman–Crippen LogP) is 3.73. The van der Waals surface area contributed by atoms with E-state index in [1.54, 1.807) is 4.90 Å². The molecule has 1 saturated heterocycles. The number of carbonyl (C=O) groups excluding carboxylic acids is 2. The molecule has 0 saturated carbocycles. The van der Waals surface area contributed by atoms with Gasteiger partial charge >= 0.3 is 6.18 Å². The van der Waals surface area contributed by atoms with Crippen LogP contribution in [0.4, 0.5) is 13.2 Å². The molecule has 1 N–H and O–H groups in total. The normalized spacial score (nSPS) is 15.6. The Balaban J connectivity index is 1.49. The molecule has 4 nitrogen and oxygen atoms in total. The minimum Gasteiger partial charge on any atom is -0.353 e. The minimum absolute atomic E-state index is 0.00844. The lowest BCUT2D eigenvalue weighted by Gasteiger charge is -2.32. The van der Waals surface area contributed by atoms with Crippen molar-refractivity contribution in [1.82, 2.24) is 10.2 Å². The largest absolute Gasteiger partial charge is 0.416 e. The Morgan fingerprint density at radius 1 is 1.11 bits per heavy atom. The number of carbonyl (C=O) groups is 2. The Kier molecular flexibility index (Phi) is 5.84. The standard InChI is InChI=1S/C19H19F3N2O2S/c20-19(21,22)14-5-3-13(4-6-14)18(26)24-9-7-15(8-10-24)23-17(25)12-16-2-1-11-27-16/h1-6,11,15H,7-10,12H2,(H,23,25). The number of nitrogens with zero attached hydrogens (tertiary/aromatic N) is 1. The lowest BCUT2D eigenvalue weighted by molar-refractivity contribution is -0.137. The van der Waals surface area contributed by atoms with Gasteiger partial charge in [0.2, 0.25) is 5.91 Å². The number of alkyl halides is 3. The van der Waals surface area contributed by atoms with Crippen LogP contribution >= 0.6 is 11.3 Å². The summed E-state index contributed by atoms with van der Waals surface area (Å²) in [6.45, 7) is 0.924. The lowest BCUT2D eigenvalue weighted by atomic mass is 10.0. The van der Waals surface area contributed by atoms with E-state index < -0.39 is 11.7 Å². The maximum Gasteiger partial charge on any atom is 0.416 e. The van der Waals surface area contributed by atoms with E-state index in [9.17, 15) is 22.8 Å². The van der Waals surface area contributed by atoms with Crippen LogP contribution in [-0.2, 0) is 17.4 Å². The quantitative estimate of drug-likeness (QED) is 0.856. The summed E-state index contributed by atoms with van der Waals surface area (Å²) >= 11 is 1.53. The summed E-state index contributed by atoms with van der Waals surface area (Å²) in [6, 6.07) is 8.08. The third-order valence-corrected chi connectivity index (χ3v) is 5.40. The van der Waals surface area contributed by atoms with E-state index in [-0.39, 0.29) is 23.4 Å². The highest BCUT2D eigenvalue weighted by Gasteiger charge is 2.31. The summed E-state index contributed by atoms with van der Waals surface area (Å²) in [5.74, 6) is -0.322. The van der Waals surface area contributed by atoms with Gasteiger partial charge in [-0.2, -0.15) is 13.2 Å². The van der Waals surface area contributed by atoms with Gasteiger partial charge in [-0.1, -0.05) is 6.07 Å². The van der Waals surface area contributed by atoms with E-state index in [1.807, 2.05) is 17.5 Å². The number of likely N-dealkylation sites (tertiary alicyclic amines) is 1. The third-order valence-electron chi connectivity index (χ3n) is 4.52. The Hall–Kier alpha value is -2.35. The molecule has 0 spiro atoms. The molecule has 27 heavy (non-hydrogen) atoms. The molecular weight excluding hydrogens is 377 g/mol. The number of benzene rings is 1. The van der Waals surface area contributed by atoms with Crippen LogP contribution in [0.5, 0.6) is 0 Å².